The van der Waals surface area contributed by atoms with Crippen molar-refractivity contribution in [3.63, 3.8) is 0 Å². The monoisotopic (exact) mass is 235 g/mol. The number of fused-ring (bicyclic) bond motifs is 1. The number of nitrogens with zero attached hydrogens (tertiary/aromatic N) is 2. The van der Waals surface area contributed by atoms with E-state index < -0.39 is 0 Å². The normalized spacial score (nSPS) is 28.1. The number of ether oxygens (including phenoxy) is 2. The molecule has 92 valence electrons. The Kier molecular flexibility index (Phi) is 2.52. The largest absolute Gasteiger partial charge is 0.383 e. The molecular formula is C12H17N3O2. The van der Waals surface area contributed by atoms with Gasteiger partial charge in [0.15, 0.2) is 5.82 Å². The van der Waals surface area contributed by atoms with Gasteiger partial charge < -0.3 is 15.2 Å². The van der Waals surface area contributed by atoms with Gasteiger partial charge in [0, 0.05) is 18.6 Å². The maximum absolute atomic E-state index is 5.98. The maximum atomic E-state index is 5.98. The second-order valence-electron chi connectivity index (χ2n) is 4.84. The van der Waals surface area contributed by atoms with Crippen molar-refractivity contribution in [3.8, 4) is 0 Å². The third kappa shape index (κ3) is 1.79. The van der Waals surface area contributed by atoms with E-state index in [-0.39, 0.29) is 5.60 Å². The fraction of sp³-hybridized carbons (Fsp3) is 0.667. The molecule has 0 aliphatic carbocycles. The van der Waals surface area contributed by atoms with Crippen LogP contribution in [0.25, 0.3) is 0 Å². The molecule has 1 aromatic rings. The molecule has 1 fully saturated rings. The quantitative estimate of drug-likeness (QED) is 0.790. The summed E-state index contributed by atoms with van der Waals surface area (Å²) in [5, 5.41) is 0. The molecule has 5 nitrogen and oxygen atoms in total. The van der Waals surface area contributed by atoms with Crippen LogP contribution in [-0.2, 0) is 28.1 Å². The molecule has 2 aliphatic heterocycles. The average Bonchev–Trinajstić information content (AvgIpc) is 2.78. The number of aromatic nitrogens is 2. The zero-order valence-corrected chi connectivity index (χ0v) is 10.0. The highest BCUT2D eigenvalue weighted by molar-refractivity contribution is 5.43. The zero-order valence-electron chi connectivity index (χ0n) is 10.0. The number of anilines is 1. The summed E-state index contributed by atoms with van der Waals surface area (Å²) in [5.41, 5.74) is 7.59. The summed E-state index contributed by atoms with van der Waals surface area (Å²) < 4.78 is 11.1. The molecule has 3 heterocycles. The average molecular weight is 235 g/mol. The lowest BCUT2D eigenvalue weighted by atomic mass is 10.0. The van der Waals surface area contributed by atoms with E-state index in [9.17, 15) is 0 Å². The zero-order chi connectivity index (χ0) is 11.9. The molecule has 3 rings (SSSR count). The summed E-state index contributed by atoms with van der Waals surface area (Å²) in [4.78, 5) is 9.03. The van der Waals surface area contributed by atoms with Gasteiger partial charge >= 0.3 is 0 Å². The lowest BCUT2D eigenvalue weighted by Crippen LogP contribution is -2.27. The lowest BCUT2D eigenvalue weighted by molar-refractivity contribution is 0.00879. The highest BCUT2D eigenvalue weighted by atomic mass is 16.5. The number of hydrogen-bond acceptors (Lipinski definition) is 5. The lowest BCUT2D eigenvalue weighted by Gasteiger charge is -2.24. The molecule has 0 radical (unpaired) electrons. The smallest absolute Gasteiger partial charge is 0.162 e. The van der Waals surface area contributed by atoms with E-state index in [4.69, 9.17) is 15.2 Å². The fourth-order valence-electron chi connectivity index (χ4n) is 2.45. The molecular weight excluding hydrogens is 218 g/mol. The van der Waals surface area contributed by atoms with Gasteiger partial charge in [0.2, 0.25) is 0 Å². The highest BCUT2D eigenvalue weighted by Gasteiger charge is 2.36. The van der Waals surface area contributed by atoms with E-state index in [0.717, 1.165) is 43.0 Å². The standard InChI is InChI=1S/C12H17N3O2/c1-12(4-2-5-17-12)11-14-9-3-6-16-7-8(9)10(13)15-11/h2-7H2,1H3,(H2,13,14,15). The van der Waals surface area contributed by atoms with Gasteiger partial charge in [-0.3, -0.25) is 0 Å². The first kappa shape index (κ1) is 10.9. The molecule has 2 N–H and O–H groups in total. The second-order valence-corrected chi connectivity index (χ2v) is 4.84. The molecule has 1 saturated heterocycles. The van der Waals surface area contributed by atoms with Crippen molar-refractivity contribution in [3.05, 3.63) is 17.1 Å². The Bertz CT molecular complexity index is 442. The van der Waals surface area contributed by atoms with Gasteiger partial charge in [0.1, 0.15) is 11.4 Å². The first-order valence-electron chi connectivity index (χ1n) is 6.06. The minimum absolute atomic E-state index is 0.360. The second kappa shape index (κ2) is 3.92. The van der Waals surface area contributed by atoms with Crippen molar-refractivity contribution in [1.29, 1.82) is 0 Å². The summed E-state index contributed by atoms with van der Waals surface area (Å²) in [6.45, 7) is 4.06. The molecule has 1 unspecified atom stereocenters. The van der Waals surface area contributed by atoms with Gasteiger partial charge in [0.25, 0.3) is 0 Å². The predicted molar refractivity (Wildman–Crippen MR) is 62.3 cm³/mol. The molecule has 0 bridgehead atoms. The summed E-state index contributed by atoms with van der Waals surface area (Å²) >= 11 is 0. The molecule has 5 heteroatoms. The van der Waals surface area contributed by atoms with Crippen LogP contribution in [0.4, 0.5) is 5.82 Å². The predicted octanol–water partition coefficient (Wildman–Crippen LogP) is 1.16. The molecule has 0 spiro atoms. The van der Waals surface area contributed by atoms with E-state index in [2.05, 4.69) is 9.97 Å². The maximum Gasteiger partial charge on any atom is 0.162 e. The van der Waals surface area contributed by atoms with Gasteiger partial charge in [-0.1, -0.05) is 0 Å². The van der Waals surface area contributed by atoms with Gasteiger partial charge in [-0.05, 0) is 19.8 Å². The van der Waals surface area contributed by atoms with Crippen LogP contribution in [0.1, 0.15) is 36.8 Å². The minimum Gasteiger partial charge on any atom is -0.383 e. The van der Waals surface area contributed by atoms with Crippen molar-refractivity contribution >= 4 is 5.82 Å². The molecule has 0 saturated carbocycles. The summed E-state index contributed by atoms with van der Waals surface area (Å²) in [7, 11) is 0. The Morgan fingerprint density at radius 3 is 2.94 bits per heavy atom. The topological polar surface area (TPSA) is 70.3 Å². The molecule has 0 aromatic carbocycles. The number of hydrogen-bond donors (Lipinski definition) is 1. The van der Waals surface area contributed by atoms with Crippen molar-refractivity contribution in [2.24, 2.45) is 0 Å². The van der Waals surface area contributed by atoms with Crippen molar-refractivity contribution in [2.75, 3.05) is 18.9 Å². The Hall–Kier alpha value is -1.20. The summed E-state index contributed by atoms with van der Waals surface area (Å²) in [5.74, 6) is 1.27. The number of rotatable bonds is 1. The van der Waals surface area contributed by atoms with Crippen LogP contribution in [0.3, 0.4) is 0 Å². The van der Waals surface area contributed by atoms with Crippen LogP contribution in [0, 0.1) is 0 Å². The highest BCUT2D eigenvalue weighted by Crippen LogP contribution is 2.35. The minimum atomic E-state index is -0.360. The Labute approximate surface area is 100 Å². The number of nitrogen functional groups attached to an aromatic ring is 1. The Morgan fingerprint density at radius 2 is 2.18 bits per heavy atom. The molecule has 1 atom stereocenters. The van der Waals surface area contributed by atoms with E-state index in [1.165, 1.54) is 0 Å². The third-order valence-corrected chi connectivity index (χ3v) is 3.55. The van der Waals surface area contributed by atoms with Gasteiger partial charge in [-0.15, -0.1) is 0 Å². The van der Waals surface area contributed by atoms with Gasteiger partial charge in [-0.25, -0.2) is 9.97 Å². The summed E-state index contributed by atoms with van der Waals surface area (Å²) in [6.07, 6.45) is 2.83. The van der Waals surface area contributed by atoms with Crippen LogP contribution in [0.2, 0.25) is 0 Å². The van der Waals surface area contributed by atoms with Crippen molar-refractivity contribution in [1.82, 2.24) is 9.97 Å². The molecule has 1 aromatic heterocycles. The van der Waals surface area contributed by atoms with Gasteiger partial charge in [-0.2, -0.15) is 0 Å². The van der Waals surface area contributed by atoms with Gasteiger partial charge in [0.05, 0.1) is 18.9 Å². The van der Waals surface area contributed by atoms with Crippen molar-refractivity contribution in [2.45, 2.75) is 38.4 Å². The van der Waals surface area contributed by atoms with E-state index in [1.54, 1.807) is 0 Å². The molecule has 0 amide bonds. The molecule has 2 aliphatic rings. The first-order chi connectivity index (χ1) is 8.19. The van der Waals surface area contributed by atoms with E-state index in [1.807, 2.05) is 6.92 Å². The van der Waals surface area contributed by atoms with E-state index >= 15 is 0 Å². The SMILES string of the molecule is CC1(c2nc(N)c3c(n2)CCOC3)CCCO1. The van der Waals surface area contributed by atoms with Crippen LogP contribution in [0.15, 0.2) is 0 Å². The molecule has 17 heavy (non-hydrogen) atoms. The summed E-state index contributed by atoms with van der Waals surface area (Å²) in [6, 6.07) is 0. The van der Waals surface area contributed by atoms with Crippen LogP contribution in [0.5, 0.6) is 0 Å². The fourth-order valence-corrected chi connectivity index (χ4v) is 2.45. The van der Waals surface area contributed by atoms with Crippen LogP contribution in [-0.4, -0.2) is 23.2 Å². The Morgan fingerprint density at radius 1 is 1.29 bits per heavy atom. The number of nitrogens with two attached hydrogens (primary N) is 1. The van der Waals surface area contributed by atoms with Crippen molar-refractivity contribution < 1.29 is 9.47 Å². The van der Waals surface area contributed by atoms with Crippen LogP contribution < -0.4 is 5.73 Å². The Balaban J connectivity index is 2.04. The third-order valence-electron chi connectivity index (χ3n) is 3.55. The van der Waals surface area contributed by atoms with E-state index in [0.29, 0.717) is 19.0 Å². The first-order valence-corrected chi connectivity index (χ1v) is 6.06. The van der Waals surface area contributed by atoms with Crippen LogP contribution >= 0.6 is 0 Å².